The maximum absolute atomic E-state index is 13.5. The number of hydrogen-bond donors (Lipinski definition) is 0. The van der Waals surface area contributed by atoms with E-state index in [0.29, 0.717) is 6.42 Å². The summed E-state index contributed by atoms with van der Waals surface area (Å²) >= 11 is 0. The lowest BCUT2D eigenvalue weighted by atomic mass is 9.66. The highest BCUT2D eigenvalue weighted by Gasteiger charge is 2.42. The van der Waals surface area contributed by atoms with Gasteiger partial charge in [0.05, 0.1) is 5.41 Å². The number of rotatable bonds is 8. The van der Waals surface area contributed by atoms with Crippen molar-refractivity contribution in [3.63, 3.8) is 0 Å². The van der Waals surface area contributed by atoms with Crippen molar-refractivity contribution in [1.29, 1.82) is 0 Å². The summed E-state index contributed by atoms with van der Waals surface area (Å²) in [4.78, 5) is 15.7. The van der Waals surface area contributed by atoms with E-state index in [1.165, 1.54) is 0 Å². The van der Waals surface area contributed by atoms with Crippen LogP contribution in [0.2, 0.25) is 0 Å². The van der Waals surface area contributed by atoms with Gasteiger partial charge in [-0.1, -0.05) is 72.8 Å². The van der Waals surface area contributed by atoms with Gasteiger partial charge in [0.25, 0.3) is 0 Å². The Hall–Kier alpha value is -2.19. The van der Waals surface area contributed by atoms with Crippen molar-refractivity contribution < 1.29 is 4.79 Å². The maximum atomic E-state index is 13.5. The van der Waals surface area contributed by atoms with Crippen LogP contribution in [0.4, 0.5) is 0 Å². The van der Waals surface area contributed by atoms with Crippen LogP contribution in [-0.4, -0.2) is 30.8 Å². The molecular formula is C23H29NO. The average Bonchev–Trinajstić information content (AvgIpc) is 2.65. The van der Waals surface area contributed by atoms with E-state index in [-0.39, 0.29) is 11.8 Å². The minimum Gasteiger partial charge on any atom is -0.307 e. The summed E-state index contributed by atoms with van der Waals surface area (Å²) < 4.78 is 0. The molecule has 0 aliphatic carbocycles. The van der Waals surface area contributed by atoms with Gasteiger partial charge >= 0.3 is 0 Å². The zero-order chi connectivity index (χ0) is 18.3. The smallest absolute Gasteiger partial charge is 0.151 e. The van der Waals surface area contributed by atoms with Crippen LogP contribution in [0, 0.1) is 0 Å². The molecule has 2 nitrogen and oxygen atoms in total. The van der Waals surface area contributed by atoms with E-state index in [1.54, 1.807) is 0 Å². The summed E-state index contributed by atoms with van der Waals surface area (Å²) in [5.41, 5.74) is 1.51. The van der Waals surface area contributed by atoms with Gasteiger partial charge in [0.1, 0.15) is 0 Å². The van der Waals surface area contributed by atoms with Gasteiger partial charge in [-0.2, -0.15) is 0 Å². The van der Waals surface area contributed by atoms with Crippen molar-refractivity contribution >= 4 is 5.78 Å². The molecule has 132 valence electrons. The van der Waals surface area contributed by atoms with Gasteiger partial charge < -0.3 is 4.90 Å². The van der Waals surface area contributed by atoms with Crippen LogP contribution in [0.5, 0.6) is 0 Å². The van der Waals surface area contributed by atoms with E-state index in [0.717, 1.165) is 17.5 Å². The molecule has 0 aliphatic heterocycles. The Labute approximate surface area is 152 Å². The van der Waals surface area contributed by atoms with Crippen LogP contribution >= 0.6 is 0 Å². The first-order valence-electron chi connectivity index (χ1n) is 8.94. The number of hydrogen-bond acceptors (Lipinski definition) is 2. The molecular weight excluding hydrogens is 306 g/mol. The van der Waals surface area contributed by atoms with E-state index in [4.69, 9.17) is 0 Å². The number of allylic oxidation sites excluding steroid dienone is 2. The van der Waals surface area contributed by atoms with Crippen molar-refractivity contribution in [2.75, 3.05) is 14.1 Å². The van der Waals surface area contributed by atoms with Crippen LogP contribution < -0.4 is 0 Å². The largest absolute Gasteiger partial charge is 0.307 e. The van der Waals surface area contributed by atoms with Crippen LogP contribution in [0.3, 0.4) is 0 Å². The minimum absolute atomic E-state index is 0.247. The first-order valence-corrected chi connectivity index (χ1v) is 8.94. The molecule has 2 rings (SSSR count). The molecule has 2 aromatic carbocycles. The molecule has 0 N–H and O–H groups in total. The normalized spacial score (nSPS) is 13.3. The van der Waals surface area contributed by atoms with Crippen molar-refractivity contribution in [1.82, 2.24) is 4.90 Å². The maximum Gasteiger partial charge on any atom is 0.151 e. The van der Waals surface area contributed by atoms with Gasteiger partial charge in [-0.05, 0) is 45.5 Å². The predicted molar refractivity (Wildman–Crippen MR) is 106 cm³/mol. The van der Waals surface area contributed by atoms with Crippen molar-refractivity contribution in [2.45, 2.75) is 38.1 Å². The highest BCUT2D eigenvalue weighted by atomic mass is 16.1. The SMILES string of the molecule is C/C=C/CC(=O)C(C[C@H](C)N(C)C)(c1ccccc1)c1ccccc1. The average molecular weight is 335 g/mol. The van der Waals surface area contributed by atoms with E-state index < -0.39 is 5.41 Å². The van der Waals surface area contributed by atoms with Crippen molar-refractivity contribution in [2.24, 2.45) is 0 Å². The Bertz CT molecular complexity index is 649. The van der Waals surface area contributed by atoms with Crippen LogP contribution in [0.25, 0.3) is 0 Å². The summed E-state index contributed by atoms with van der Waals surface area (Å²) in [5.74, 6) is 0.247. The lowest BCUT2D eigenvalue weighted by Gasteiger charge is -2.37. The fourth-order valence-corrected chi connectivity index (χ4v) is 3.31. The molecule has 0 heterocycles. The number of benzene rings is 2. The number of nitrogens with zero attached hydrogens (tertiary/aromatic N) is 1. The fraction of sp³-hybridized carbons (Fsp3) is 0.348. The van der Waals surface area contributed by atoms with E-state index >= 15 is 0 Å². The molecule has 0 aromatic heterocycles. The highest BCUT2D eigenvalue weighted by molar-refractivity contribution is 5.94. The van der Waals surface area contributed by atoms with E-state index in [1.807, 2.05) is 55.5 Å². The molecule has 2 heteroatoms. The second-order valence-electron chi connectivity index (χ2n) is 6.85. The molecule has 25 heavy (non-hydrogen) atoms. The van der Waals surface area contributed by atoms with E-state index in [2.05, 4.69) is 50.2 Å². The van der Waals surface area contributed by atoms with Crippen molar-refractivity contribution in [3.8, 4) is 0 Å². The minimum atomic E-state index is -0.633. The monoisotopic (exact) mass is 335 g/mol. The molecule has 0 amide bonds. The Balaban J connectivity index is 2.66. The third-order valence-electron chi connectivity index (χ3n) is 5.03. The van der Waals surface area contributed by atoms with Gasteiger partial charge in [0, 0.05) is 12.5 Å². The zero-order valence-corrected chi connectivity index (χ0v) is 15.8. The highest BCUT2D eigenvalue weighted by Crippen LogP contribution is 2.39. The molecule has 0 unspecified atom stereocenters. The Morgan fingerprint density at radius 2 is 1.48 bits per heavy atom. The predicted octanol–water partition coefficient (Wildman–Crippen LogP) is 4.85. The van der Waals surface area contributed by atoms with Crippen LogP contribution in [0.1, 0.15) is 37.8 Å². The zero-order valence-electron chi connectivity index (χ0n) is 15.8. The summed E-state index contributed by atoms with van der Waals surface area (Å²) in [6.07, 6.45) is 5.11. The summed E-state index contributed by atoms with van der Waals surface area (Å²) in [6, 6.07) is 20.7. The summed E-state index contributed by atoms with van der Waals surface area (Å²) in [6.45, 7) is 4.14. The molecule has 1 atom stereocenters. The lowest BCUT2D eigenvalue weighted by Crippen LogP contribution is -2.43. The molecule has 0 saturated heterocycles. The Morgan fingerprint density at radius 1 is 1.00 bits per heavy atom. The van der Waals surface area contributed by atoms with Gasteiger partial charge in [0.15, 0.2) is 5.78 Å². The molecule has 2 aromatic rings. The molecule has 0 radical (unpaired) electrons. The topological polar surface area (TPSA) is 20.3 Å². The molecule has 0 aliphatic rings. The number of carbonyl (C=O) groups excluding carboxylic acids is 1. The Morgan fingerprint density at radius 3 is 1.88 bits per heavy atom. The van der Waals surface area contributed by atoms with Gasteiger partial charge in [-0.25, -0.2) is 0 Å². The number of Topliss-reactive ketones (excluding diaryl/α,β-unsaturated/α-hetero) is 1. The first-order chi connectivity index (χ1) is 12.0. The van der Waals surface area contributed by atoms with Crippen LogP contribution in [0.15, 0.2) is 72.8 Å². The first kappa shape index (κ1) is 19.1. The summed E-state index contributed by atoms with van der Waals surface area (Å²) in [5, 5.41) is 0. The van der Waals surface area contributed by atoms with Gasteiger partial charge in [-0.15, -0.1) is 0 Å². The fourth-order valence-electron chi connectivity index (χ4n) is 3.31. The molecule has 0 spiro atoms. The standard InChI is InChI=1S/C23H29NO/c1-5-6-17-22(25)23(18-19(2)24(3)4,20-13-9-7-10-14-20)21-15-11-8-12-16-21/h5-16,19H,17-18H2,1-4H3/b6-5+/t19-/m0/s1. The third-order valence-corrected chi connectivity index (χ3v) is 5.03. The quantitative estimate of drug-likeness (QED) is 0.643. The number of ketones is 1. The second kappa shape index (κ2) is 8.77. The third kappa shape index (κ3) is 4.26. The van der Waals surface area contributed by atoms with Crippen molar-refractivity contribution in [3.05, 3.63) is 83.9 Å². The Kier molecular flexibility index (Phi) is 6.72. The molecule has 0 saturated carbocycles. The van der Waals surface area contributed by atoms with Gasteiger partial charge in [0.2, 0.25) is 0 Å². The second-order valence-corrected chi connectivity index (χ2v) is 6.85. The van der Waals surface area contributed by atoms with Gasteiger partial charge in [-0.3, -0.25) is 4.79 Å². The molecule has 0 fully saturated rings. The lowest BCUT2D eigenvalue weighted by molar-refractivity contribution is -0.123. The number of carbonyl (C=O) groups is 1. The summed E-state index contributed by atoms with van der Waals surface area (Å²) in [7, 11) is 4.14. The van der Waals surface area contributed by atoms with E-state index in [9.17, 15) is 4.79 Å². The van der Waals surface area contributed by atoms with Crippen LogP contribution in [-0.2, 0) is 10.2 Å². The molecule has 0 bridgehead atoms.